The fourth-order valence-corrected chi connectivity index (χ4v) is 28.2. The zero-order valence-electron chi connectivity index (χ0n) is 90.0. The Kier molecular flexibility index (Phi) is 26.6. The lowest BCUT2D eigenvalue weighted by atomic mass is 9.64. The molecule has 0 saturated carbocycles. The predicted molar refractivity (Wildman–Crippen MR) is 579 cm³/mol. The molecular formula is C126H142N12O8S. The van der Waals surface area contributed by atoms with Gasteiger partial charge in [-0.15, -0.1) is 11.8 Å². The zero-order valence-corrected chi connectivity index (χ0v) is 90.9. The Morgan fingerprint density at radius 3 is 0.789 bits per heavy atom. The fourth-order valence-electron chi connectivity index (χ4n) is 27.5. The van der Waals surface area contributed by atoms with Gasteiger partial charge in [-0.2, -0.15) is 30.6 Å². The smallest absolute Gasteiger partial charge is 0.231 e. The summed E-state index contributed by atoms with van der Waals surface area (Å²) in [5.74, 6) is 3.46. The maximum Gasteiger partial charge on any atom is 0.231 e. The number of ether oxygens (including phenoxy) is 2. The summed E-state index contributed by atoms with van der Waals surface area (Å²) in [6, 6.07) is 48.4. The number of nitrogens with zero attached hydrogens (tertiary/aromatic N) is 6. The number of allylic oxidation sites excluding steroid dienone is 12. The quantitative estimate of drug-likeness (QED) is 0.0809. The zero-order chi connectivity index (χ0) is 104. The minimum atomic E-state index is -0.0781. The van der Waals surface area contributed by atoms with Gasteiger partial charge in [0.1, 0.15) is 0 Å². The van der Waals surface area contributed by atoms with Gasteiger partial charge in [-0.3, -0.25) is 59.4 Å². The molecule has 6 atom stereocenters. The number of carbonyl (C=O) groups is 6. The molecule has 147 heavy (non-hydrogen) atoms. The monoisotopic (exact) mass is 1980 g/mol. The number of carbonyl (C=O) groups excluding carboxylic acids is 6. The number of benzene rings is 6. The van der Waals surface area contributed by atoms with Crippen LogP contribution in [0.1, 0.15) is 353 Å². The van der Waals surface area contributed by atoms with Crippen molar-refractivity contribution in [3.05, 3.63) is 364 Å². The second-order valence-corrected chi connectivity index (χ2v) is 49.8. The molecule has 1 aliphatic heterocycles. The lowest BCUT2D eigenvalue weighted by molar-refractivity contribution is -0.119. The van der Waals surface area contributed by atoms with Crippen LogP contribution in [0.2, 0.25) is 0 Å². The van der Waals surface area contributed by atoms with Gasteiger partial charge in [0.15, 0.2) is 46.2 Å². The summed E-state index contributed by atoms with van der Waals surface area (Å²) in [5.41, 5.74) is 46.7. The molecule has 0 fully saturated rings. The van der Waals surface area contributed by atoms with Gasteiger partial charge >= 0.3 is 0 Å². The summed E-state index contributed by atoms with van der Waals surface area (Å²) in [5, 5.41) is 46.2. The third kappa shape index (κ3) is 19.3. The molecule has 12 aliphatic carbocycles. The number of fused-ring (bicyclic) bond motifs is 7. The molecule has 20 nitrogen and oxygen atoms in total. The summed E-state index contributed by atoms with van der Waals surface area (Å²) in [6.45, 7) is 47.5. The van der Waals surface area contributed by atoms with E-state index in [4.69, 9.17) is 9.47 Å². The van der Waals surface area contributed by atoms with Crippen molar-refractivity contribution >= 4 is 46.5 Å². The van der Waals surface area contributed by atoms with Gasteiger partial charge in [0.25, 0.3) is 0 Å². The molecule has 6 aromatic carbocycles. The van der Waals surface area contributed by atoms with E-state index in [0.29, 0.717) is 67.4 Å². The van der Waals surface area contributed by atoms with Gasteiger partial charge in [-0.05, 0) is 215 Å². The molecule has 21 heteroatoms. The van der Waals surface area contributed by atoms with Gasteiger partial charge in [-0.1, -0.05) is 243 Å². The molecule has 6 N–H and O–H groups in total. The number of aromatic nitrogens is 12. The highest BCUT2D eigenvalue weighted by atomic mass is 32.2. The van der Waals surface area contributed by atoms with Crippen LogP contribution < -0.4 is 9.47 Å². The van der Waals surface area contributed by atoms with Crippen LogP contribution >= 0.6 is 11.8 Å². The number of ketones is 6. The molecule has 0 radical (unpaired) electrons. The van der Waals surface area contributed by atoms with E-state index < -0.39 is 0 Å². The largest absolute Gasteiger partial charge is 0.454 e. The first-order valence-electron chi connectivity index (χ1n) is 52.8. The van der Waals surface area contributed by atoms with Gasteiger partial charge in [-0.25, -0.2) is 0 Å². The van der Waals surface area contributed by atoms with Gasteiger partial charge in [0.05, 0.1) is 34.2 Å². The molecule has 0 amide bonds. The minimum Gasteiger partial charge on any atom is -0.454 e. The Labute approximate surface area is 869 Å². The maximum atomic E-state index is 13.2. The lowest BCUT2D eigenvalue weighted by Gasteiger charge is -2.38. The number of Topliss-reactive ketones (excluding diaryl/α,β-unsaturated/α-hetero) is 6. The fraction of sp³-hybridized carbons (Fsp3) is 0.429. The Bertz CT molecular complexity index is 7290. The van der Waals surface area contributed by atoms with Crippen molar-refractivity contribution < 1.29 is 38.2 Å². The van der Waals surface area contributed by atoms with Gasteiger partial charge < -0.3 is 9.47 Å². The third-order valence-electron chi connectivity index (χ3n) is 33.3. The van der Waals surface area contributed by atoms with E-state index in [-0.39, 0.29) is 80.6 Å². The highest BCUT2D eigenvalue weighted by Crippen LogP contribution is 2.59. The molecular weight excluding hydrogens is 1840 g/mol. The molecule has 25 rings (SSSR count). The topological polar surface area (TPSA) is 293 Å². The first-order valence-corrected chi connectivity index (χ1v) is 54.0. The predicted octanol–water partition coefficient (Wildman–Crippen LogP) is 26.2. The van der Waals surface area contributed by atoms with E-state index >= 15 is 0 Å². The molecule has 12 aromatic rings. The van der Waals surface area contributed by atoms with Crippen LogP contribution in [0, 0.1) is 102 Å². The van der Waals surface area contributed by atoms with Crippen molar-refractivity contribution in [2.24, 2.45) is 32.5 Å². The van der Waals surface area contributed by atoms with E-state index in [9.17, 15) is 28.8 Å². The first-order chi connectivity index (χ1) is 69.8. The standard InChI is InChI=1S/C21H22N2O3.C21H24N2OS.4C21H24N2O/c1-11-18-14(23-22-11)6-13-8-21(2,3)9-15(24)19(13)20(18)12-4-5-16-17(7-12)26-10-25-16;1-12-18-15(23-22-12)9-13-10-21(2,3)11-16(24)19(13)20(18)14-7-5-6-8-17(14)25-4;1-12-6-5-7-14(8-12)20-18-13(2)22-23-16(18)9-15-10-21(3,4)11-17(24)19(15)20;3*1-12-7-5-6-8-15(12)20-18-13(2)22-23-16(18)9-14-10-21(3,4)11-17(24)19(14)20/h4-5,7,20H,6,8-10H2,1-3H3,(H,22,23);5-8,20H,9-11H2,1-4H3,(H,22,23);4*5-8,20H,9-11H2,1-4H3,(H,22,23)/t;;;2*20-;/m...10./s1. The van der Waals surface area contributed by atoms with E-state index in [1.807, 2.05) is 19.1 Å². The highest BCUT2D eigenvalue weighted by molar-refractivity contribution is 7.98. The average Bonchev–Trinajstić information content (AvgIpc) is 1.67. The van der Waals surface area contributed by atoms with Crippen LogP contribution in [-0.2, 0) is 67.3 Å². The summed E-state index contributed by atoms with van der Waals surface area (Å²) < 4.78 is 11.0. The van der Waals surface area contributed by atoms with Gasteiger partial charge in [0, 0.05) is 218 Å². The second-order valence-electron chi connectivity index (χ2n) is 49.0. The molecule has 7 heterocycles. The number of hydrogen-bond donors (Lipinski definition) is 6. The number of thioether (sulfide) groups is 1. The van der Waals surface area contributed by atoms with Crippen molar-refractivity contribution in [2.75, 3.05) is 13.0 Å². The lowest BCUT2D eigenvalue weighted by Crippen LogP contribution is -2.32. The van der Waals surface area contributed by atoms with Gasteiger partial charge in [0.2, 0.25) is 6.79 Å². The number of hydrogen-bond acceptors (Lipinski definition) is 15. The van der Waals surface area contributed by atoms with E-state index in [1.54, 1.807) is 11.8 Å². The van der Waals surface area contributed by atoms with Crippen molar-refractivity contribution in [2.45, 2.75) is 308 Å². The Morgan fingerprint density at radius 1 is 0.265 bits per heavy atom. The summed E-state index contributed by atoms with van der Waals surface area (Å²) in [7, 11) is 0. The summed E-state index contributed by atoms with van der Waals surface area (Å²) in [6.07, 6.45) is 16.6. The van der Waals surface area contributed by atoms with E-state index in [0.717, 1.165) is 201 Å². The molecule has 13 aliphatic rings. The van der Waals surface area contributed by atoms with Crippen LogP contribution in [-0.4, -0.2) is 109 Å². The van der Waals surface area contributed by atoms with Crippen LogP contribution in [0.15, 0.2) is 211 Å². The maximum absolute atomic E-state index is 13.2. The van der Waals surface area contributed by atoms with Crippen molar-refractivity contribution in [3.63, 3.8) is 0 Å². The Balaban J connectivity index is 0.000000107. The molecule has 0 bridgehead atoms. The van der Waals surface area contributed by atoms with Crippen molar-refractivity contribution in [1.29, 1.82) is 0 Å². The molecule has 6 aromatic heterocycles. The number of H-pyrrole nitrogens is 6. The van der Waals surface area contributed by atoms with E-state index in [2.05, 4.69) is 340 Å². The summed E-state index contributed by atoms with van der Waals surface area (Å²) >= 11 is 1.75. The Hall–Kier alpha value is -13.0. The van der Waals surface area contributed by atoms with Crippen molar-refractivity contribution in [3.8, 4) is 11.5 Å². The van der Waals surface area contributed by atoms with Crippen LogP contribution in [0.5, 0.6) is 11.5 Å². The number of rotatable bonds is 7. The minimum absolute atomic E-state index is 0.0121. The number of nitrogens with one attached hydrogen (secondary N) is 6. The molecule has 0 spiro atoms. The normalized spacial score (nSPS) is 22.4. The average molecular weight is 1980 g/mol. The summed E-state index contributed by atoms with van der Waals surface area (Å²) in [4.78, 5) is 79.9. The highest BCUT2D eigenvalue weighted by Gasteiger charge is 2.51. The molecule has 4 unspecified atom stereocenters. The molecule has 760 valence electrons. The number of aryl methyl sites for hydroxylation is 10. The Morgan fingerprint density at radius 2 is 0.510 bits per heavy atom. The van der Waals surface area contributed by atoms with Crippen LogP contribution in [0.4, 0.5) is 0 Å². The van der Waals surface area contributed by atoms with E-state index in [1.165, 1.54) is 116 Å². The number of aromatic amines is 6. The SMILES string of the molecule is CSc1ccccc1C1C2=C(Cc3n[nH]c(C)c31)CC(C)(C)CC2=O.Cc1[nH]nc2c1C(c1ccc3c(c1)OCO3)C1=C(C2)CC(C)(C)CC1=O.Cc1cccc(C2C3=C(Cc4n[nH]c(C)c42)CC(C)(C)CC3=O)c1.Cc1ccccc1C1C2=C(Cc3n[nH]c(C)c31)CC(C)(C)CC2=O.Cc1ccccc1[C@@H]1C2=C(Cc3n[nH]c(C)c31)CC(C)(C)CC2=O.Cc1ccccc1[C@H]1C2=C(Cc3n[nH]c(C)c31)CC(C)(C)CC2=O. The van der Waals surface area contributed by atoms with Crippen LogP contribution in [0.25, 0.3) is 0 Å². The van der Waals surface area contributed by atoms with Crippen molar-refractivity contribution in [1.82, 2.24) is 61.2 Å². The second kappa shape index (κ2) is 38.6. The third-order valence-corrected chi connectivity index (χ3v) is 34.1. The first kappa shape index (κ1) is 101. The molecule has 0 saturated heterocycles. The van der Waals surface area contributed by atoms with Crippen LogP contribution in [0.3, 0.4) is 0 Å².